The van der Waals surface area contributed by atoms with Gasteiger partial charge >= 0.3 is 0 Å². The number of carbonyl (C=O) groups excluding carboxylic acids is 2. The standard InChI is InChI=1S/C19H15BrN4O3S2/c1-8-17(28-9(2)21-8)15(25)13-14(11-6-4-5-7-12(11)20)24(18(27)16(13)26)19-23-22-10(3)29-19/h4-7,14,26H,1-3H3. The maximum absolute atomic E-state index is 13.4. The van der Waals surface area contributed by atoms with Crippen LogP contribution >= 0.6 is 38.6 Å². The maximum Gasteiger partial charge on any atom is 0.296 e. The van der Waals surface area contributed by atoms with Gasteiger partial charge < -0.3 is 5.11 Å². The molecule has 10 heteroatoms. The van der Waals surface area contributed by atoms with Crippen molar-refractivity contribution in [2.45, 2.75) is 26.8 Å². The number of hydrogen-bond acceptors (Lipinski definition) is 8. The van der Waals surface area contributed by atoms with Crippen molar-refractivity contribution < 1.29 is 14.7 Å². The van der Waals surface area contributed by atoms with E-state index in [-0.39, 0.29) is 5.57 Å². The van der Waals surface area contributed by atoms with Crippen LogP contribution in [0.5, 0.6) is 0 Å². The summed E-state index contributed by atoms with van der Waals surface area (Å²) in [5.41, 5.74) is 1.25. The molecule has 1 unspecified atom stereocenters. The lowest BCUT2D eigenvalue weighted by Gasteiger charge is -2.24. The lowest BCUT2D eigenvalue weighted by Crippen LogP contribution is -2.31. The molecule has 0 bridgehead atoms. The van der Waals surface area contributed by atoms with Gasteiger partial charge in [0.15, 0.2) is 5.76 Å². The van der Waals surface area contributed by atoms with Crippen LogP contribution in [-0.2, 0) is 4.79 Å². The van der Waals surface area contributed by atoms with Crippen LogP contribution in [-0.4, -0.2) is 32.0 Å². The molecule has 1 aliphatic heterocycles. The van der Waals surface area contributed by atoms with Crippen LogP contribution in [0.25, 0.3) is 0 Å². The fourth-order valence-electron chi connectivity index (χ4n) is 3.27. The van der Waals surface area contributed by atoms with E-state index in [0.717, 1.165) is 5.01 Å². The van der Waals surface area contributed by atoms with Crippen molar-refractivity contribution in [3.8, 4) is 0 Å². The fraction of sp³-hybridized carbons (Fsp3) is 0.211. The molecule has 1 atom stereocenters. The molecule has 0 saturated carbocycles. The number of Topliss-reactive ketones (excluding diaryl/α,β-unsaturated/α-hetero) is 1. The number of nitrogens with zero attached hydrogens (tertiary/aromatic N) is 4. The monoisotopic (exact) mass is 490 g/mol. The lowest BCUT2D eigenvalue weighted by molar-refractivity contribution is -0.117. The number of rotatable bonds is 4. The van der Waals surface area contributed by atoms with Gasteiger partial charge in [0.2, 0.25) is 10.9 Å². The van der Waals surface area contributed by atoms with Crippen molar-refractivity contribution in [3.05, 3.63) is 66.2 Å². The summed E-state index contributed by atoms with van der Waals surface area (Å²) in [5.74, 6) is -1.67. The van der Waals surface area contributed by atoms with Crippen LogP contribution in [0.3, 0.4) is 0 Å². The minimum atomic E-state index is -0.834. The second-order valence-electron chi connectivity index (χ2n) is 6.44. The molecule has 3 aromatic rings. The highest BCUT2D eigenvalue weighted by Gasteiger charge is 2.47. The molecule has 0 aliphatic carbocycles. The van der Waals surface area contributed by atoms with Crippen LogP contribution in [0.4, 0.5) is 5.13 Å². The maximum atomic E-state index is 13.4. The van der Waals surface area contributed by atoms with E-state index >= 15 is 0 Å². The van der Waals surface area contributed by atoms with E-state index in [9.17, 15) is 14.7 Å². The molecule has 1 amide bonds. The predicted octanol–water partition coefficient (Wildman–Crippen LogP) is 4.47. The van der Waals surface area contributed by atoms with Gasteiger partial charge in [0.05, 0.1) is 27.2 Å². The molecule has 0 spiro atoms. The Morgan fingerprint density at radius 2 is 1.86 bits per heavy atom. The Morgan fingerprint density at radius 1 is 1.14 bits per heavy atom. The van der Waals surface area contributed by atoms with E-state index in [0.29, 0.717) is 30.7 Å². The first-order valence-corrected chi connectivity index (χ1v) is 11.0. The third kappa shape index (κ3) is 3.30. The quantitative estimate of drug-likeness (QED) is 0.542. The van der Waals surface area contributed by atoms with Gasteiger partial charge in [0.25, 0.3) is 5.91 Å². The number of aromatic nitrogens is 3. The number of amides is 1. The van der Waals surface area contributed by atoms with Gasteiger partial charge in [-0.1, -0.05) is 45.5 Å². The molecule has 3 heterocycles. The molecule has 2 aromatic heterocycles. The van der Waals surface area contributed by atoms with E-state index < -0.39 is 23.5 Å². The molecule has 0 radical (unpaired) electrons. The summed E-state index contributed by atoms with van der Waals surface area (Å²) in [5, 5.41) is 20.5. The summed E-state index contributed by atoms with van der Waals surface area (Å²) in [6.07, 6.45) is 0. The highest BCUT2D eigenvalue weighted by Crippen LogP contribution is 2.45. The molecule has 7 nitrogen and oxygen atoms in total. The van der Waals surface area contributed by atoms with Crippen LogP contribution in [0.15, 0.2) is 40.1 Å². The van der Waals surface area contributed by atoms with Crippen LogP contribution in [0, 0.1) is 20.8 Å². The summed E-state index contributed by atoms with van der Waals surface area (Å²) in [4.78, 5) is 32.5. The molecule has 1 N–H and O–H groups in total. The zero-order chi connectivity index (χ0) is 20.9. The normalized spacial score (nSPS) is 16.8. The van der Waals surface area contributed by atoms with Gasteiger partial charge in [0.1, 0.15) is 5.01 Å². The van der Waals surface area contributed by atoms with Crippen molar-refractivity contribution in [3.63, 3.8) is 0 Å². The van der Waals surface area contributed by atoms with Crippen molar-refractivity contribution in [2.24, 2.45) is 0 Å². The largest absolute Gasteiger partial charge is 0.503 e. The van der Waals surface area contributed by atoms with Crippen molar-refractivity contribution in [1.29, 1.82) is 0 Å². The van der Waals surface area contributed by atoms with E-state index in [1.54, 1.807) is 19.9 Å². The molecule has 0 fully saturated rings. The topological polar surface area (TPSA) is 96.3 Å². The summed E-state index contributed by atoms with van der Waals surface area (Å²) < 4.78 is 0.709. The molecule has 1 aromatic carbocycles. The first-order valence-electron chi connectivity index (χ1n) is 8.59. The molecular formula is C19H15BrN4O3S2. The summed E-state index contributed by atoms with van der Waals surface area (Å²) >= 11 is 5.97. The molecule has 4 rings (SSSR count). The number of thiazole rings is 1. The van der Waals surface area contributed by atoms with Gasteiger partial charge in [-0.3, -0.25) is 14.5 Å². The van der Waals surface area contributed by atoms with Crippen LogP contribution in [0.2, 0.25) is 0 Å². The molecule has 29 heavy (non-hydrogen) atoms. The zero-order valence-electron chi connectivity index (χ0n) is 15.6. The number of aliphatic hydroxyl groups is 1. The third-order valence-corrected chi connectivity index (χ3v) is 7.12. The number of ketones is 1. The average Bonchev–Trinajstić information content (AvgIpc) is 3.32. The Balaban J connectivity index is 1.92. The van der Waals surface area contributed by atoms with Crippen LogP contribution in [0.1, 0.15) is 37.0 Å². The molecule has 1 aliphatic rings. The number of halogens is 1. The number of carbonyl (C=O) groups is 2. The number of anilines is 1. The van der Waals surface area contributed by atoms with E-state index in [1.807, 2.05) is 25.1 Å². The lowest BCUT2D eigenvalue weighted by atomic mass is 9.95. The number of benzene rings is 1. The van der Waals surface area contributed by atoms with Crippen molar-refractivity contribution in [2.75, 3.05) is 4.90 Å². The summed E-state index contributed by atoms with van der Waals surface area (Å²) in [6, 6.07) is 6.45. The average molecular weight is 491 g/mol. The number of aryl methyl sites for hydroxylation is 3. The van der Waals surface area contributed by atoms with Gasteiger partial charge in [-0.2, -0.15) is 0 Å². The summed E-state index contributed by atoms with van der Waals surface area (Å²) in [6.45, 7) is 5.33. The van der Waals surface area contributed by atoms with Crippen molar-refractivity contribution in [1.82, 2.24) is 15.2 Å². The second kappa shape index (κ2) is 7.43. The predicted molar refractivity (Wildman–Crippen MR) is 115 cm³/mol. The number of aliphatic hydroxyl groups excluding tert-OH is 1. The van der Waals surface area contributed by atoms with Gasteiger partial charge in [-0.25, -0.2) is 4.98 Å². The summed E-state index contributed by atoms with van der Waals surface area (Å²) in [7, 11) is 0. The Kier molecular flexibility index (Phi) is 5.09. The van der Waals surface area contributed by atoms with Gasteiger partial charge in [-0.05, 0) is 32.4 Å². The Labute approximate surface area is 182 Å². The first kappa shape index (κ1) is 19.9. The number of hydrogen-bond donors (Lipinski definition) is 1. The smallest absolute Gasteiger partial charge is 0.296 e. The van der Waals surface area contributed by atoms with Crippen LogP contribution < -0.4 is 4.90 Å². The van der Waals surface area contributed by atoms with E-state index in [2.05, 4.69) is 31.1 Å². The SMILES string of the molecule is Cc1nnc(N2C(=O)C(O)=C(C(=O)c3sc(C)nc3C)C2c2ccccc2Br)s1. The highest BCUT2D eigenvalue weighted by atomic mass is 79.9. The fourth-order valence-corrected chi connectivity index (χ4v) is 5.36. The minimum absolute atomic E-state index is 0.0153. The molecule has 0 saturated heterocycles. The van der Waals surface area contributed by atoms with Gasteiger partial charge in [0, 0.05) is 4.47 Å². The molecular weight excluding hydrogens is 476 g/mol. The Bertz CT molecular complexity index is 1180. The minimum Gasteiger partial charge on any atom is -0.503 e. The highest BCUT2D eigenvalue weighted by molar-refractivity contribution is 9.10. The Hall–Kier alpha value is -2.43. The van der Waals surface area contributed by atoms with Gasteiger partial charge in [-0.15, -0.1) is 21.5 Å². The van der Waals surface area contributed by atoms with E-state index in [4.69, 9.17) is 0 Å². The first-order chi connectivity index (χ1) is 13.8. The van der Waals surface area contributed by atoms with Crippen molar-refractivity contribution >= 4 is 55.4 Å². The van der Waals surface area contributed by atoms with E-state index in [1.165, 1.54) is 27.6 Å². The Morgan fingerprint density at radius 3 is 2.45 bits per heavy atom. The molecule has 148 valence electrons. The third-order valence-electron chi connectivity index (χ3n) is 4.48. The second-order valence-corrected chi connectivity index (χ2v) is 9.66. The zero-order valence-corrected chi connectivity index (χ0v) is 18.9.